The van der Waals surface area contributed by atoms with Crippen LogP contribution in [0.3, 0.4) is 0 Å². The number of rotatable bonds is 7. The smallest absolute Gasteiger partial charge is 0.122 e. The molecule has 0 spiro atoms. The largest absolute Gasteiger partial charge is 0.496 e. The molecule has 3 N–H and O–H groups in total. The predicted octanol–water partition coefficient (Wildman–Crippen LogP) is 2.52. The summed E-state index contributed by atoms with van der Waals surface area (Å²) >= 11 is 1.92. The van der Waals surface area contributed by atoms with Crippen LogP contribution in [0.5, 0.6) is 5.75 Å². The van der Waals surface area contributed by atoms with Crippen molar-refractivity contribution in [1.82, 2.24) is 5.43 Å². The molecule has 0 radical (unpaired) electrons. The summed E-state index contributed by atoms with van der Waals surface area (Å²) in [5.41, 5.74) is 5.36. The molecule has 0 fully saturated rings. The van der Waals surface area contributed by atoms with Gasteiger partial charge in [0.25, 0.3) is 0 Å². The van der Waals surface area contributed by atoms with Gasteiger partial charge in [0, 0.05) is 11.8 Å². The van der Waals surface area contributed by atoms with Gasteiger partial charge in [0.05, 0.1) is 7.11 Å². The first-order valence-electron chi connectivity index (χ1n) is 6.28. The van der Waals surface area contributed by atoms with E-state index in [0.29, 0.717) is 5.25 Å². The third-order valence-electron chi connectivity index (χ3n) is 2.77. The molecule has 1 unspecified atom stereocenters. The van der Waals surface area contributed by atoms with Crippen LogP contribution in [0.4, 0.5) is 0 Å². The van der Waals surface area contributed by atoms with E-state index in [0.717, 1.165) is 17.9 Å². The van der Waals surface area contributed by atoms with E-state index in [9.17, 15) is 0 Å². The van der Waals surface area contributed by atoms with Crippen molar-refractivity contribution in [3.63, 3.8) is 0 Å². The number of aryl methyl sites for hydroxylation is 1. The summed E-state index contributed by atoms with van der Waals surface area (Å²) in [6.07, 6.45) is 0.890. The van der Waals surface area contributed by atoms with Crippen molar-refractivity contribution in [1.29, 1.82) is 0 Å². The molecule has 0 heterocycles. The lowest BCUT2D eigenvalue weighted by molar-refractivity contribution is 0.406. The predicted molar refractivity (Wildman–Crippen MR) is 80.1 cm³/mol. The van der Waals surface area contributed by atoms with E-state index >= 15 is 0 Å². The molecule has 102 valence electrons. The molecule has 0 amide bonds. The van der Waals surface area contributed by atoms with Crippen LogP contribution in [-0.2, 0) is 6.42 Å². The maximum absolute atomic E-state index is 5.63. The molecule has 0 aromatic heterocycles. The number of nitrogens with one attached hydrogen (secondary N) is 1. The van der Waals surface area contributed by atoms with E-state index in [4.69, 9.17) is 10.6 Å². The fourth-order valence-corrected chi connectivity index (χ4v) is 2.64. The van der Waals surface area contributed by atoms with Gasteiger partial charge in [0.15, 0.2) is 0 Å². The number of hydrazine groups is 1. The minimum atomic E-state index is 0.271. The third kappa shape index (κ3) is 4.88. The van der Waals surface area contributed by atoms with E-state index < -0.39 is 0 Å². The summed E-state index contributed by atoms with van der Waals surface area (Å²) in [4.78, 5) is 0. The number of ether oxygens (including phenoxy) is 1. The SMILES string of the molecule is COc1ccc(C)cc1CC(CSC(C)C)NN. The van der Waals surface area contributed by atoms with E-state index in [1.54, 1.807) is 7.11 Å². The number of methoxy groups -OCH3 is 1. The van der Waals surface area contributed by atoms with Gasteiger partial charge in [-0.25, -0.2) is 0 Å². The monoisotopic (exact) mass is 268 g/mol. The van der Waals surface area contributed by atoms with Crippen LogP contribution in [0.1, 0.15) is 25.0 Å². The Labute approximate surface area is 114 Å². The van der Waals surface area contributed by atoms with Crippen LogP contribution in [0.25, 0.3) is 0 Å². The lowest BCUT2D eigenvalue weighted by Crippen LogP contribution is -2.39. The molecule has 1 aromatic rings. The maximum Gasteiger partial charge on any atom is 0.122 e. The molecule has 1 aromatic carbocycles. The molecule has 0 saturated heterocycles. The number of hydrogen-bond acceptors (Lipinski definition) is 4. The average molecular weight is 268 g/mol. The Hall–Kier alpha value is -0.710. The zero-order chi connectivity index (χ0) is 13.5. The molecular formula is C14H24N2OS. The Morgan fingerprint density at radius 3 is 2.67 bits per heavy atom. The topological polar surface area (TPSA) is 47.3 Å². The Morgan fingerprint density at radius 1 is 1.39 bits per heavy atom. The Bertz CT molecular complexity index is 369. The van der Waals surface area contributed by atoms with E-state index in [1.165, 1.54) is 11.1 Å². The van der Waals surface area contributed by atoms with Gasteiger partial charge in [-0.1, -0.05) is 31.5 Å². The quantitative estimate of drug-likeness (QED) is 0.589. The molecule has 18 heavy (non-hydrogen) atoms. The van der Waals surface area contributed by atoms with Gasteiger partial charge in [0.1, 0.15) is 5.75 Å². The van der Waals surface area contributed by atoms with Gasteiger partial charge in [-0.15, -0.1) is 0 Å². The van der Waals surface area contributed by atoms with Gasteiger partial charge >= 0.3 is 0 Å². The zero-order valence-corrected chi connectivity index (χ0v) is 12.5. The second-order valence-corrected chi connectivity index (χ2v) is 6.37. The first-order chi connectivity index (χ1) is 8.56. The molecule has 0 aliphatic rings. The fourth-order valence-electron chi connectivity index (χ4n) is 1.81. The molecule has 1 atom stereocenters. The minimum Gasteiger partial charge on any atom is -0.496 e. The van der Waals surface area contributed by atoms with E-state index in [2.05, 4.69) is 38.3 Å². The van der Waals surface area contributed by atoms with Crippen molar-refractivity contribution < 1.29 is 4.74 Å². The molecule has 3 nitrogen and oxygen atoms in total. The highest BCUT2D eigenvalue weighted by Gasteiger charge is 2.12. The maximum atomic E-state index is 5.63. The minimum absolute atomic E-state index is 0.271. The van der Waals surface area contributed by atoms with Crippen molar-refractivity contribution >= 4 is 11.8 Å². The van der Waals surface area contributed by atoms with Crippen LogP contribution in [0, 0.1) is 6.92 Å². The number of nitrogens with two attached hydrogens (primary N) is 1. The highest BCUT2D eigenvalue weighted by Crippen LogP contribution is 2.22. The second kappa shape index (κ2) is 7.67. The summed E-state index contributed by atoms with van der Waals surface area (Å²) < 4.78 is 5.40. The summed E-state index contributed by atoms with van der Waals surface area (Å²) in [6, 6.07) is 6.53. The van der Waals surface area contributed by atoms with Gasteiger partial charge in [-0.3, -0.25) is 11.3 Å². The number of hydrogen-bond donors (Lipinski definition) is 2. The molecule has 4 heteroatoms. The number of benzene rings is 1. The van der Waals surface area contributed by atoms with Gasteiger partial charge < -0.3 is 4.74 Å². The molecule has 0 bridgehead atoms. The van der Waals surface area contributed by atoms with Crippen LogP contribution in [-0.4, -0.2) is 24.2 Å². The lowest BCUT2D eigenvalue weighted by atomic mass is 10.0. The van der Waals surface area contributed by atoms with E-state index in [1.807, 2.05) is 17.8 Å². The van der Waals surface area contributed by atoms with Crippen LogP contribution in [0.2, 0.25) is 0 Å². The Morgan fingerprint density at radius 2 is 2.11 bits per heavy atom. The molecule has 0 saturated carbocycles. The average Bonchev–Trinajstić information content (AvgIpc) is 2.34. The molecule has 0 aliphatic carbocycles. The fraction of sp³-hybridized carbons (Fsp3) is 0.571. The Balaban J connectivity index is 2.71. The highest BCUT2D eigenvalue weighted by atomic mass is 32.2. The van der Waals surface area contributed by atoms with Crippen molar-refractivity contribution in [2.24, 2.45) is 5.84 Å². The first-order valence-corrected chi connectivity index (χ1v) is 7.33. The summed E-state index contributed by atoms with van der Waals surface area (Å²) in [5, 5.41) is 0.625. The van der Waals surface area contributed by atoms with Crippen LogP contribution < -0.4 is 16.0 Å². The van der Waals surface area contributed by atoms with Crippen molar-refractivity contribution in [2.75, 3.05) is 12.9 Å². The Kier molecular flexibility index (Phi) is 6.54. The summed E-state index contributed by atoms with van der Waals surface area (Å²) in [6.45, 7) is 6.49. The summed E-state index contributed by atoms with van der Waals surface area (Å²) in [5.74, 6) is 7.58. The standard InChI is InChI=1S/C14H24N2OS/c1-10(2)18-9-13(16-15)8-12-7-11(3)5-6-14(12)17-4/h5-7,10,13,16H,8-9,15H2,1-4H3. The zero-order valence-electron chi connectivity index (χ0n) is 11.7. The van der Waals surface area contributed by atoms with Crippen LogP contribution >= 0.6 is 11.8 Å². The lowest BCUT2D eigenvalue weighted by Gasteiger charge is -2.18. The first kappa shape index (κ1) is 15.3. The van der Waals surface area contributed by atoms with Gasteiger partial charge in [0.2, 0.25) is 0 Å². The van der Waals surface area contributed by atoms with E-state index in [-0.39, 0.29) is 6.04 Å². The van der Waals surface area contributed by atoms with Gasteiger partial charge in [-0.05, 0) is 30.2 Å². The second-order valence-electron chi connectivity index (χ2n) is 4.77. The van der Waals surface area contributed by atoms with Crippen LogP contribution in [0.15, 0.2) is 18.2 Å². The number of thioether (sulfide) groups is 1. The summed E-state index contributed by atoms with van der Waals surface area (Å²) in [7, 11) is 1.71. The van der Waals surface area contributed by atoms with Crippen molar-refractivity contribution in [3.8, 4) is 5.75 Å². The third-order valence-corrected chi connectivity index (χ3v) is 4.03. The van der Waals surface area contributed by atoms with Crippen molar-refractivity contribution in [2.45, 2.75) is 38.5 Å². The molecular weight excluding hydrogens is 244 g/mol. The van der Waals surface area contributed by atoms with Crippen molar-refractivity contribution in [3.05, 3.63) is 29.3 Å². The van der Waals surface area contributed by atoms with Gasteiger partial charge in [-0.2, -0.15) is 11.8 Å². The molecule has 1 rings (SSSR count). The molecule has 0 aliphatic heterocycles. The normalized spacial score (nSPS) is 12.8. The highest BCUT2D eigenvalue weighted by molar-refractivity contribution is 7.99.